The molecule has 3 N–H and O–H groups in total. The predicted octanol–water partition coefficient (Wildman–Crippen LogP) is 2.47. The maximum atomic E-state index is 13.9. The molecular formula is C10H11F4NO. The van der Waals surface area contributed by atoms with Gasteiger partial charge >= 0.3 is 6.18 Å². The highest BCUT2D eigenvalue weighted by molar-refractivity contribution is 5.32. The summed E-state index contributed by atoms with van der Waals surface area (Å²) in [5.41, 5.74) is 0.837. The van der Waals surface area contributed by atoms with Gasteiger partial charge in [0.05, 0.1) is 0 Å². The van der Waals surface area contributed by atoms with Crippen molar-refractivity contribution in [1.82, 2.24) is 0 Å². The van der Waals surface area contributed by atoms with Gasteiger partial charge in [-0.05, 0) is 18.7 Å². The van der Waals surface area contributed by atoms with E-state index < -0.39 is 36.1 Å². The van der Waals surface area contributed by atoms with Crippen molar-refractivity contribution in [2.45, 2.75) is 18.3 Å². The Bertz CT molecular complexity index is 366. The first-order valence-corrected chi connectivity index (χ1v) is 4.56. The molecule has 1 atom stereocenters. The van der Waals surface area contributed by atoms with Crippen LogP contribution in [0.4, 0.5) is 17.6 Å². The fourth-order valence-electron chi connectivity index (χ4n) is 1.40. The molecule has 2 nitrogen and oxygen atoms in total. The number of hydrogen-bond acceptors (Lipinski definition) is 2. The van der Waals surface area contributed by atoms with Crippen LogP contribution in [0.3, 0.4) is 0 Å². The van der Waals surface area contributed by atoms with E-state index in [4.69, 9.17) is 10.8 Å². The summed E-state index contributed by atoms with van der Waals surface area (Å²) in [5, 5.41) is 9.05. The Morgan fingerprint density at radius 1 is 1.19 bits per heavy atom. The Morgan fingerprint density at radius 2 is 1.81 bits per heavy atom. The number of aromatic hydroxyl groups is 1. The zero-order valence-electron chi connectivity index (χ0n) is 8.26. The molecule has 0 aliphatic rings. The highest BCUT2D eigenvalue weighted by Crippen LogP contribution is 2.45. The van der Waals surface area contributed by atoms with Crippen molar-refractivity contribution in [2.24, 2.45) is 5.73 Å². The van der Waals surface area contributed by atoms with Crippen molar-refractivity contribution in [1.29, 1.82) is 0 Å². The summed E-state index contributed by atoms with van der Waals surface area (Å²) in [6.45, 7) is -0.439. The van der Waals surface area contributed by atoms with E-state index in [1.54, 1.807) is 0 Å². The highest BCUT2D eigenvalue weighted by atomic mass is 19.4. The molecule has 0 saturated heterocycles. The minimum absolute atomic E-state index is 0.416. The van der Waals surface area contributed by atoms with Crippen LogP contribution in [0.15, 0.2) is 24.3 Å². The maximum Gasteiger partial charge on any atom is 0.426 e. The normalized spacial score (nSPS) is 15.8. The lowest BCUT2D eigenvalue weighted by molar-refractivity contribution is -0.237. The van der Waals surface area contributed by atoms with E-state index in [2.05, 4.69) is 0 Å². The molecule has 0 saturated carbocycles. The number of alkyl halides is 4. The molecule has 0 aliphatic heterocycles. The van der Waals surface area contributed by atoms with Crippen LogP contribution >= 0.6 is 0 Å². The van der Waals surface area contributed by atoms with E-state index >= 15 is 0 Å². The summed E-state index contributed by atoms with van der Waals surface area (Å²) < 4.78 is 51.7. The second kappa shape index (κ2) is 4.29. The van der Waals surface area contributed by atoms with Crippen LogP contribution in [0.2, 0.25) is 0 Å². The SMILES string of the molecule is NCCC(F)(c1cccc(O)c1)C(F)(F)F. The molecule has 0 aromatic heterocycles. The van der Waals surface area contributed by atoms with E-state index in [1.165, 1.54) is 6.07 Å². The maximum absolute atomic E-state index is 13.9. The highest BCUT2D eigenvalue weighted by Gasteiger charge is 2.56. The van der Waals surface area contributed by atoms with Gasteiger partial charge in [0.25, 0.3) is 0 Å². The lowest BCUT2D eigenvalue weighted by Gasteiger charge is -2.28. The van der Waals surface area contributed by atoms with Crippen molar-refractivity contribution in [3.63, 3.8) is 0 Å². The zero-order valence-corrected chi connectivity index (χ0v) is 8.26. The molecule has 90 valence electrons. The van der Waals surface area contributed by atoms with E-state index in [0.29, 0.717) is 0 Å². The molecule has 0 aliphatic carbocycles. The molecule has 1 aromatic carbocycles. The molecule has 0 heterocycles. The van der Waals surface area contributed by atoms with E-state index in [0.717, 1.165) is 18.2 Å². The Morgan fingerprint density at radius 3 is 2.25 bits per heavy atom. The molecule has 1 unspecified atom stereocenters. The van der Waals surface area contributed by atoms with Gasteiger partial charge in [-0.2, -0.15) is 13.2 Å². The first-order chi connectivity index (χ1) is 7.31. The summed E-state index contributed by atoms with van der Waals surface area (Å²) in [6.07, 6.45) is -5.93. The molecule has 0 radical (unpaired) electrons. The first kappa shape index (κ1) is 12.8. The second-order valence-electron chi connectivity index (χ2n) is 3.39. The Labute approximate surface area is 89.7 Å². The monoisotopic (exact) mass is 237 g/mol. The van der Waals surface area contributed by atoms with Gasteiger partial charge < -0.3 is 10.8 Å². The number of halogens is 4. The van der Waals surface area contributed by atoms with Crippen LogP contribution in [0.25, 0.3) is 0 Å². The fraction of sp³-hybridized carbons (Fsp3) is 0.400. The smallest absolute Gasteiger partial charge is 0.426 e. The van der Waals surface area contributed by atoms with Crippen molar-refractivity contribution < 1.29 is 22.7 Å². The van der Waals surface area contributed by atoms with Crippen LogP contribution in [-0.4, -0.2) is 17.8 Å². The zero-order chi connectivity index (χ0) is 12.4. The lowest BCUT2D eigenvalue weighted by Crippen LogP contribution is -2.39. The molecule has 0 amide bonds. The molecule has 0 bridgehead atoms. The summed E-state index contributed by atoms with van der Waals surface area (Å²) >= 11 is 0. The number of nitrogens with two attached hydrogens (primary N) is 1. The largest absolute Gasteiger partial charge is 0.508 e. The van der Waals surface area contributed by atoms with Gasteiger partial charge in [0.2, 0.25) is 5.67 Å². The van der Waals surface area contributed by atoms with Gasteiger partial charge in [0, 0.05) is 12.0 Å². The molecular weight excluding hydrogens is 226 g/mol. The van der Waals surface area contributed by atoms with Gasteiger partial charge in [-0.1, -0.05) is 12.1 Å². The molecule has 16 heavy (non-hydrogen) atoms. The Balaban J connectivity index is 3.21. The van der Waals surface area contributed by atoms with Crippen LogP contribution in [0, 0.1) is 0 Å². The van der Waals surface area contributed by atoms with Crippen molar-refractivity contribution in [3.05, 3.63) is 29.8 Å². The molecule has 1 aromatic rings. The topological polar surface area (TPSA) is 46.2 Å². The number of benzene rings is 1. The second-order valence-corrected chi connectivity index (χ2v) is 3.39. The average molecular weight is 237 g/mol. The molecule has 0 spiro atoms. The molecule has 0 fully saturated rings. The minimum Gasteiger partial charge on any atom is -0.508 e. The first-order valence-electron chi connectivity index (χ1n) is 4.56. The summed E-state index contributed by atoms with van der Waals surface area (Å²) in [6, 6.07) is 4.05. The predicted molar refractivity (Wildman–Crippen MR) is 50.6 cm³/mol. The fourth-order valence-corrected chi connectivity index (χ4v) is 1.40. The number of hydrogen-bond donors (Lipinski definition) is 2. The Kier molecular flexibility index (Phi) is 3.42. The lowest BCUT2D eigenvalue weighted by atomic mass is 9.91. The van der Waals surface area contributed by atoms with Gasteiger partial charge in [-0.3, -0.25) is 0 Å². The van der Waals surface area contributed by atoms with Gasteiger partial charge in [-0.15, -0.1) is 0 Å². The number of rotatable bonds is 3. The van der Waals surface area contributed by atoms with E-state index in [1.807, 2.05) is 0 Å². The summed E-state index contributed by atoms with van der Waals surface area (Å²) in [5.74, 6) is -0.416. The summed E-state index contributed by atoms with van der Waals surface area (Å²) in [4.78, 5) is 0. The van der Waals surface area contributed by atoms with Crippen molar-refractivity contribution in [3.8, 4) is 5.75 Å². The average Bonchev–Trinajstić information content (AvgIpc) is 2.16. The third-order valence-electron chi connectivity index (χ3n) is 2.24. The number of phenolic OH excluding ortho intramolecular Hbond substituents is 1. The van der Waals surface area contributed by atoms with E-state index in [9.17, 15) is 17.6 Å². The standard InChI is InChI=1S/C10H11F4NO/c11-9(4-5-15,10(12,13)14)7-2-1-3-8(16)6-7/h1-3,6,16H,4-5,15H2. The van der Waals surface area contributed by atoms with E-state index in [-0.39, 0.29) is 0 Å². The molecule has 1 rings (SSSR count). The van der Waals surface area contributed by atoms with Crippen LogP contribution in [0.1, 0.15) is 12.0 Å². The van der Waals surface area contributed by atoms with Gasteiger partial charge in [-0.25, -0.2) is 4.39 Å². The van der Waals surface area contributed by atoms with Crippen LogP contribution in [-0.2, 0) is 5.67 Å². The van der Waals surface area contributed by atoms with Crippen molar-refractivity contribution >= 4 is 0 Å². The third-order valence-corrected chi connectivity index (χ3v) is 2.24. The van der Waals surface area contributed by atoms with Crippen LogP contribution < -0.4 is 5.73 Å². The quantitative estimate of drug-likeness (QED) is 0.793. The Hall–Kier alpha value is -1.30. The van der Waals surface area contributed by atoms with Gasteiger partial charge in [0.1, 0.15) is 5.75 Å². The van der Waals surface area contributed by atoms with Crippen LogP contribution in [0.5, 0.6) is 5.75 Å². The number of phenols is 1. The third kappa shape index (κ3) is 2.27. The van der Waals surface area contributed by atoms with Gasteiger partial charge in [0.15, 0.2) is 0 Å². The minimum atomic E-state index is -5.06. The van der Waals surface area contributed by atoms with Crippen molar-refractivity contribution in [2.75, 3.05) is 6.54 Å². The molecule has 6 heteroatoms. The summed E-state index contributed by atoms with van der Waals surface area (Å²) in [7, 11) is 0.